The lowest BCUT2D eigenvalue weighted by Gasteiger charge is -2.30. The third kappa shape index (κ3) is 3.91. The molecule has 0 spiro atoms. The van der Waals surface area contributed by atoms with Gasteiger partial charge in [0.1, 0.15) is 23.3 Å². The van der Waals surface area contributed by atoms with Crippen LogP contribution in [0.2, 0.25) is 0 Å². The first kappa shape index (κ1) is 20.4. The molecule has 3 heterocycles. The van der Waals surface area contributed by atoms with E-state index in [2.05, 4.69) is 4.90 Å². The summed E-state index contributed by atoms with van der Waals surface area (Å²) in [4.78, 5) is 29.6. The quantitative estimate of drug-likeness (QED) is 0.464. The molecule has 1 aromatic heterocycles. The van der Waals surface area contributed by atoms with Crippen molar-refractivity contribution in [1.82, 2.24) is 9.80 Å². The number of aliphatic hydroxyl groups excluding tert-OH is 1. The van der Waals surface area contributed by atoms with Gasteiger partial charge in [-0.15, -0.1) is 0 Å². The van der Waals surface area contributed by atoms with E-state index >= 15 is 0 Å². The normalized spacial score (nSPS) is 22.1. The predicted molar refractivity (Wildman–Crippen MR) is 111 cm³/mol. The number of benzene rings is 1. The van der Waals surface area contributed by atoms with Gasteiger partial charge < -0.3 is 19.2 Å². The lowest BCUT2D eigenvalue weighted by Crippen LogP contribution is -2.42. The van der Waals surface area contributed by atoms with E-state index in [0.717, 1.165) is 18.7 Å². The SMILES string of the molecule is Cc1ccc(C(O)=C2C(=O)C(=O)N(CCN3CCOCC3)[C@H]2c2ccc(C)o2)cc1. The van der Waals surface area contributed by atoms with Crippen molar-refractivity contribution in [3.8, 4) is 0 Å². The van der Waals surface area contributed by atoms with Crippen molar-refractivity contribution in [2.24, 2.45) is 0 Å². The number of hydrogen-bond donors (Lipinski definition) is 1. The van der Waals surface area contributed by atoms with Crippen LogP contribution in [0.25, 0.3) is 5.76 Å². The first-order chi connectivity index (χ1) is 14.5. The predicted octanol–water partition coefficient (Wildman–Crippen LogP) is 2.65. The third-order valence-electron chi connectivity index (χ3n) is 5.66. The van der Waals surface area contributed by atoms with Gasteiger partial charge in [-0.2, -0.15) is 0 Å². The summed E-state index contributed by atoms with van der Waals surface area (Å²) in [5.74, 6) is -0.326. The van der Waals surface area contributed by atoms with Gasteiger partial charge in [0.2, 0.25) is 0 Å². The first-order valence-corrected chi connectivity index (χ1v) is 10.2. The Hall–Kier alpha value is -2.90. The van der Waals surface area contributed by atoms with E-state index < -0.39 is 17.7 Å². The number of ether oxygens (including phenoxy) is 1. The van der Waals surface area contributed by atoms with Crippen LogP contribution in [0.1, 0.15) is 28.7 Å². The zero-order valence-corrected chi connectivity index (χ0v) is 17.3. The fraction of sp³-hybridized carbons (Fsp3) is 0.391. The Bertz CT molecular complexity index is 970. The maximum atomic E-state index is 13.0. The molecule has 2 fully saturated rings. The maximum Gasteiger partial charge on any atom is 0.295 e. The minimum absolute atomic E-state index is 0.0696. The zero-order chi connectivity index (χ0) is 21.3. The van der Waals surface area contributed by atoms with Gasteiger partial charge in [-0.1, -0.05) is 29.8 Å². The van der Waals surface area contributed by atoms with Crippen LogP contribution in [-0.4, -0.2) is 66.0 Å². The molecule has 1 amide bonds. The van der Waals surface area contributed by atoms with Crippen molar-refractivity contribution in [2.45, 2.75) is 19.9 Å². The first-order valence-electron chi connectivity index (χ1n) is 10.2. The van der Waals surface area contributed by atoms with E-state index in [0.29, 0.717) is 43.4 Å². The standard InChI is InChI=1S/C23H26N2O5/c1-15-3-6-17(7-4-15)21(26)19-20(18-8-5-16(2)30-18)25(23(28)22(19)27)10-9-24-11-13-29-14-12-24/h3-8,20,26H,9-14H2,1-2H3/t20-/m0/s1. The molecule has 2 aromatic rings. The van der Waals surface area contributed by atoms with Gasteiger partial charge in [-0.3, -0.25) is 14.5 Å². The van der Waals surface area contributed by atoms with E-state index in [1.807, 2.05) is 26.0 Å². The number of aliphatic hydroxyl groups is 1. The number of morpholine rings is 1. The summed E-state index contributed by atoms with van der Waals surface area (Å²) < 4.78 is 11.2. The lowest BCUT2D eigenvalue weighted by molar-refractivity contribution is -0.140. The topological polar surface area (TPSA) is 83.2 Å². The number of ketones is 1. The molecule has 1 aromatic carbocycles. The van der Waals surface area contributed by atoms with Crippen LogP contribution in [-0.2, 0) is 14.3 Å². The highest BCUT2D eigenvalue weighted by Gasteiger charge is 2.47. The van der Waals surface area contributed by atoms with E-state index in [1.54, 1.807) is 24.3 Å². The van der Waals surface area contributed by atoms with Gasteiger partial charge in [0, 0.05) is 31.7 Å². The molecule has 2 saturated heterocycles. The Kier molecular flexibility index (Phi) is 5.74. The number of carbonyl (C=O) groups is 2. The molecule has 2 aliphatic rings. The molecule has 0 radical (unpaired) electrons. The smallest absolute Gasteiger partial charge is 0.295 e. The molecular formula is C23H26N2O5. The van der Waals surface area contributed by atoms with Crippen LogP contribution in [0.15, 0.2) is 46.4 Å². The second-order valence-corrected chi connectivity index (χ2v) is 7.76. The number of hydrogen-bond acceptors (Lipinski definition) is 6. The highest BCUT2D eigenvalue weighted by atomic mass is 16.5. The number of Topliss-reactive ketones (excluding diaryl/α,β-unsaturated/α-hetero) is 1. The maximum absolute atomic E-state index is 13.0. The number of aryl methyl sites for hydroxylation is 2. The molecule has 0 aliphatic carbocycles. The van der Waals surface area contributed by atoms with Crippen molar-refractivity contribution in [3.63, 3.8) is 0 Å². The highest BCUT2D eigenvalue weighted by molar-refractivity contribution is 6.46. The van der Waals surface area contributed by atoms with Gasteiger partial charge in [-0.05, 0) is 26.0 Å². The van der Waals surface area contributed by atoms with Crippen molar-refractivity contribution >= 4 is 17.4 Å². The zero-order valence-electron chi connectivity index (χ0n) is 17.3. The Balaban J connectivity index is 1.70. The fourth-order valence-corrected chi connectivity index (χ4v) is 3.95. The number of furan rings is 1. The van der Waals surface area contributed by atoms with E-state index in [1.165, 1.54) is 4.90 Å². The van der Waals surface area contributed by atoms with Crippen LogP contribution in [0, 0.1) is 13.8 Å². The summed E-state index contributed by atoms with van der Waals surface area (Å²) in [6.45, 7) is 7.63. The molecule has 0 saturated carbocycles. The average molecular weight is 410 g/mol. The van der Waals surface area contributed by atoms with Gasteiger partial charge in [0.25, 0.3) is 11.7 Å². The number of carbonyl (C=O) groups excluding carboxylic acids is 2. The molecule has 30 heavy (non-hydrogen) atoms. The minimum atomic E-state index is -0.749. The number of amides is 1. The molecule has 4 rings (SSSR count). The van der Waals surface area contributed by atoms with Crippen LogP contribution in [0.5, 0.6) is 0 Å². The van der Waals surface area contributed by atoms with Crippen LogP contribution >= 0.6 is 0 Å². The monoisotopic (exact) mass is 410 g/mol. The van der Waals surface area contributed by atoms with Crippen LogP contribution in [0.3, 0.4) is 0 Å². The summed E-state index contributed by atoms with van der Waals surface area (Å²) in [5.41, 5.74) is 1.61. The fourth-order valence-electron chi connectivity index (χ4n) is 3.95. The summed E-state index contributed by atoms with van der Waals surface area (Å²) in [6, 6.07) is 10.0. The van der Waals surface area contributed by atoms with Gasteiger partial charge in [0.15, 0.2) is 0 Å². The molecule has 158 valence electrons. The van der Waals surface area contributed by atoms with Crippen molar-refractivity contribution in [3.05, 3.63) is 64.6 Å². The summed E-state index contributed by atoms with van der Waals surface area (Å²) in [7, 11) is 0. The van der Waals surface area contributed by atoms with Gasteiger partial charge in [0.05, 0.1) is 18.8 Å². The van der Waals surface area contributed by atoms with Gasteiger partial charge in [-0.25, -0.2) is 0 Å². The molecule has 0 bridgehead atoms. The molecule has 7 nitrogen and oxygen atoms in total. The summed E-state index contributed by atoms with van der Waals surface area (Å²) in [5, 5.41) is 11.0. The molecule has 1 N–H and O–H groups in total. The Labute approximate surface area is 175 Å². The average Bonchev–Trinajstić information content (AvgIpc) is 3.28. The lowest BCUT2D eigenvalue weighted by atomic mass is 9.99. The van der Waals surface area contributed by atoms with E-state index in [4.69, 9.17) is 9.15 Å². The van der Waals surface area contributed by atoms with Crippen LogP contribution < -0.4 is 0 Å². The molecule has 0 unspecified atom stereocenters. The molecule has 7 heteroatoms. The molecular weight excluding hydrogens is 384 g/mol. The van der Waals surface area contributed by atoms with Crippen molar-refractivity contribution in [1.29, 1.82) is 0 Å². The van der Waals surface area contributed by atoms with Gasteiger partial charge >= 0.3 is 0 Å². The summed E-state index contributed by atoms with van der Waals surface area (Å²) >= 11 is 0. The largest absolute Gasteiger partial charge is 0.507 e. The second-order valence-electron chi connectivity index (χ2n) is 7.76. The number of nitrogens with zero attached hydrogens (tertiary/aromatic N) is 2. The second kappa shape index (κ2) is 8.45. The molecule has 1 atom stereocenters. The van der Waals surface area contributed by atoms with Crippen molar-refractivity contribution in [2.75, 3.05) is 39.4 Å². The molecule has 2 aliphatic heterocycles. The third-order valence-corrected chi connectivity index (χ3v) is 5.66. The number of likely N-dealkylation sites (tertiary alicyclic amines) is 1. The minimum Gasteiger partial charge on any atom is -0.507 e. The Morgan fingerprint density at radius 2 is 1.73 bits per heavy atom. The van der Waals surface area contributed by atoms with E-state index in [9.17, 15) is 14.7 Å². The van der Waals surface area contributed by atoms with Crippen molar-refractivity contribution < 1.29 is 23.8 Å². The Morgan fingerprint density at radius 3 is 2.37 bits per heavy atom. The van der Waals surface area contributed by atoms with Crippen LogP contribution in [0.4, 0.5) is 0 Å². The van der Waals surface area contributed by atoms with E-state index in [-0.39, 0.29) is 11.3 Å². The number of rotatable bonds is 5. The Morgan fingerprint density at radius 1 is 1.03 bits per heavy atom. The summed E-state index contributed by atoms with van der Waals surface area (Å²) in [6.07, 6.45) is 0. The highest BCUT2D eigenvalue weighted by Crippen LogP contribution is 2.39.